The van der Waals surface area contributed by atoms with Crippen LogP contribution in [-0.2, 0) is 10.0 Å². The highest BCUT2D eigenvalue weighted by atomic mass is 35.5. The third-order valence-corrected chi connectivity index (χ3v) is 6.04. The average Bonchev–Trinajstić information content (AvgIpc) is 3.29. The highest BCUT2D eigenvalue weighted by Gasteiger charge is 2.23. The van der Waals surface area contributed by atoms with Crippen molar-refractivity contribution in [3.8, 4) is 5.75 Å². The molecule has 0 aliphatic rings. The molecule has 0 amide bonds. The Labute approximate surface area is 155 Å². The molecule has 0 saturated carbocycles. The number of thiophene rings is 1. The number of rotatable bonds is 7. The molecule has 0 spiro atoms. The number of sulfonamides is 1. The molecule has 1 unspecified atom stereocenters. The Bertz CT molecular complexity index is 891. The van der Waals surface area contributed by atoms with E-state index in [1.54, 1.807) is 40.5 Å². The zero-order valence-corrected chi connectivity index (χ0v) is 15.7. The second kappa shape index (κ2) is 7.57. The van der Waals surface area contributed by atoms with Gasteiger partial charge in [0.1, 0.15) is 10.6 Å². The van der Waals surface area contributed by atoms with Gasteiger partial charge in [0.15, 0.2) is 0 Å². The van der Waals surface area contributed by atoms with E-state index in [0.717, 1.165) is 5.56 Å². The molecule has 132 valence electrons. The monoisotopic (exact) mass is 397 g/mol. The third-order valence-electron chi connectivity index (χ3n) is 3.65. The van der Waals surface area contributed by atoms with Crippen molar-refractivity contribution in [1.82, 2.24) is 14.5 Å². The standard InChI is InChI=1S/C16H16ClN3O3S2/c1-23-15-4-3-13(17)9-16(15)25(21,22)19-10-14(12-5-8-24-11-12)20-7-2-6-18-20/h2-9,11,14,19H,10H2,1H3. The maximum absolute atomic E-state index is 12.7. The third kappa shape index (κ3) is 4.04. The van der Waals surface area contributed by atoms with Gasteiger partial charge in [0, 0.05) is 24.0 Å². The van der Waals surface area contributed by atoms with E-state index in [4.69, 9.17) is 16.3 Å². The van der Waals surface area contributed by atoms with E-state index >= 15 is 0 Å². The molecule has 6 nitrogen and oxygen atoms in total. The van der Waals surface area contributed by atoms with Crippen molar-refractivity contribution in [1.29, 1.82) is 0 Å². The van der Waals surface area contributed by atoms with Crippen LogP contribution in [0.2, 0.25) is 5.02 Å². The maximum atomic E-state index is 12.7. The van der Waals surface area contributed by atoms with Crippen LogP contribution >= 0.6 is 22.9 Å². The van der Waals surface area contributed by atoms with E-state index in [-0.39, 0.29) is 23.2 Å². The van der Waals surface area contributed by atoms with Gasteiger partial charge in [0.05, 0.1) is 13.2 Å². The second-order valence-electron chi connectivity index (χ2n) is 5.21. The van der Waals surface area contributed by atoms with Crippen LogP contribution < -0.4 is 9.46 Å². The number of halogens is 1. The van der Waals surface area contributed by atoms with Gasteiger partial charge in [-0.25, -0.2) is 13.1 Å². The smallest absolute Gasteiger partial charge is 0.244 e. The predicted octanol–water partition coefficient (Wildman–Crippen LogP) is 3.17. The van der Waals surface area contributed by atoms with Crippen molar-refractivity contribution in [2.45, 2.75) is 10.9 Å². The van der Waals surface area contributed by atoms with Crippen molar-refractivity contribution in [3.63, 3.8) is 0 Å². The Balaban J connectivity index is 1.87. The first-order valence-electron chi connectivity index (χ1n) is 7.35. The summed E-state index contributed by atoms with van der Waals surface area (Å²) < 4.78 is 35.0. The molecule has 1 atom stereocenters. The van der Waals surface area contributed by atoms with Crippen molar-refractivity contribution in [3.05, 3.63) is 64.1 Å². The van der Waals surface area contributed by atoms with Gasteiger partial charge >= 0.3 is 0 Å². The molecule has 25 heavy (non-hydrogen) atoms. The van der Waals surface area contributed by atoms with Gasteiger partial charge in [0.2, 0.25) is 10.0 Å². The molecule has 0 aliphatic carbocycles. The molecule has 1 N–H and O–H groups in total. The van der Waals surface area contributed by atoms with E-state index in [1.807, 2.05) is 16.8 Å². The van der Waals surface area contributed by atoms with Crippen LogP contribution in [0.1, 0.15) is 11.6 Å². The minimum absolute atomic E-state index is 0.00651. The summed E-state index contributed by atoms with van der Waals surface area (Å²) in [6.45, 7) is 0.149. The fourth-order valence-electron chi connectivity index (χ4n) is 2.42. The lowest BCUT2D eigenvalue weighted by Crippen LogP contribution is -2.31. The van der Waals surface area contributed by atoms with Crippen molar-refractivity contribution >= 4 is 33.0 Å². The molecule has 3 rings (SSSR count). The van der Waals surface area contributed by atoms with Crippen LogP contribution in [0.5, 0.6) is 5.75 Å². The Hall–Kier alpha value is -1.87. The van der Waals surface area contributed by atoms with Crippen LogP contribution in [0.15, 0.2) is 58.4 Å². The summed E-state index contributed by atoms with van der Waals surface area (Å²) in [6, 6.07) is 7.98. The minimum Gasteiger partial charge on any atom is -0.495 e. The molecule has 1 aromatic carbocycles. The molecule has 0 fully saturated rings. The van der Waals surface area contributed by atoms with Gasteiger partial charge in [-0.2, -0.15) is 16.4 Å². The number of hydrogen-bond donors (Lipinski definition) is 1. The van der Waals surface area contributed by atoms with Crippen molar-refractivity contribution < 1.29 is 13.2 Å². The fraction of sp³-hybridized carbons (Fsp3) is 0.188. The summed E-state index contributed by atoms with van der Waals surface area (Å²) in [4.78, 5) is 0.00651. The molecule has 2 heterocycles. The molecule has 2 aromatic heterocycles. The van der Waals surface area contributed by atoms with Crippen LogP contribution in [-0.4, -0.2) is 31.9 Å². The quantitative estimate of drug-likeness (QED) is 0.664. The number of benzene rings is 1. The van der Waals surface area contributed by atoms with Gasteiger partial charge < -0.3 is 4.74 Å². The normalized spacial score (nSPS) is 12.9. The Kier molecular flexibility index (Phi) is 5.43. The molecule has 0 radical (unpaired) electrons. The SMILES string of the molecule is COc1ccc(Cl)cc1S(=O)(=O)NCC(c1ccsc1)n1cccn1. The molecule has 9 heteroatoms. The fourth-order valence-corrected chi connectivity index (χ4v) is 4.60. The molecular weight excluding hydrogens is 382 g/mol. The highest BCUT2D eigenvalue weighted by molar-refractivity contribution is 7.89. The van der Waals surface area contributed by atoms with Gasteiger partial charge in [0.25, 0.3) is 0 Å². The average molecular weight is 398 g/mol. The topological polar surface area (TPSA) is 73.2 Å². The lowest BCUT2D eigenvalue weighted by Gasteiger charge is -2.18. The van der Waals surface area contributed by atoms with Gasteiger partial charge in [-0.15, -0.1) is 0 Å². The number of ether oxygens (including phenoxy) is 1. The second-order valence-corrected chi connectivity index (χ2v) is 8.16. The van der Waals surface area contributed by atoms with Gasteiger partial charge in [-0.05, 0) is 46.7 Å². The summed E-state index contributed by atoms with van der Waals surface area (Å²) in [5.41, 5.74) is 0.981. The number of nitrogens with one attached hydrogen (secondary N) is 1. The first kappa shape index (κ1) is 17.9. The minimum atomic E-state index is -3.80. The molecule has 0 aliphatic heterocycles. The lowest BCUT2D eigenvalue weighted by molar-refractivity contribution is 0.402. The van der Waals surface area contributed by atoms with Crippen LogP contribution in [0.3, 0.4) is 0 Å². The summed E-state index contributed by atoms with van der Waals surface area (Å²) in [5.74, 6) is 0.239. The van der Waals surface area contributed by atoms with E-state index in [9.17, 15) is 8.42 Å². The number of methoxy groups -OCH3 is 1. The summed E-state index contributed by atoms with van der Waals surface area (Å²) in [6.07, 6.45) is 3.46. The van der Waals surface area contributed by atoms with E-state index < -0.39 is 10.0 Å². The Morgan fingerprint density at radius 3 is 2.88 bits per heavy atom. The maximum Gasteiger partial charge on any atom is 0.244 e. The van der Waals surface area contributed by atoms with E-state index in [0.29, 0.717) is 5.02 Å². The zero-order valence-electron chi connectivity index (χ0n) is 13.3. The van der Waals surface area contributed by atoms with E-state index in [2.05, 4.69) is 9.82 Å². The Morgan fingerprint density at radius 1 is 1.40 bits per heavy atom. The molecule has 3 aromatic rings. The van der Waals surface area contributed by atoms with Crippen LogP contribution in [0.25, 0.3) is 0 Å². The van der Waals surface area contributed by atoms with Crippen molar-refractivity contribution in [2.24, 2.45) is 0 Å². The van der Waals surface area contributed by atoms with Gasteiger partial charge in [-0.1, -0.05) is 11.6 Å². The number of hydrogen-bond acceptors (Lipinski definition) is 5. The Morgan fingerprint density at radius 2 is 2.24 bits per heavy atom. The lowest BCUT2D eigenvalue weighted by atomic mass is 10.1. The summed E-state index contributed by atoms with van der Waals surface area (Å²) >= 11 is 7.49. The molecular formula is C16H16ClN3O3S2. The summed E-state index contributed by atoms with van der Waals surface area (Å²) in [7, 11) is -2.38. The zero-order chi connectivity index (χ0) is 17.9. The number of nitrogens with zero attached hydrogens (tertiary/aromatic N) is 2. The molecule has 0 saturated heterocycles. The van der Waals surface area contributed by atoms with Gasteiger partial charge in [-0.3, -0.25) is 4.68 Å². The highest BCUT2D eigenvalue weighted by Crippen LogP contribution is 2.27. The first-order valence-corrected chi connectivity index (χ1v) is 10.2. The van der Waals surface area contributed by atoms with Crippen LogP contribution in [0.4, 0.5) is 0 Å². The van der Waals surface area contributed by atoms with Crippen molar-refractivity contribution in [2.75, 3.05) is 13.7 Å². The largest absolute Gasteiger partial charge is 0.495 e. The molecule has 0 bridgehead atoms. The van der Waals surface area contributed by atoms with E-state index in [1.165, 1.54) is 19.2 Å². The predicted molar refractivity (Wildman–Crippen MR) is 97.9 cm³/mol. The van der Waals surface area contributed by atoms with Crippen LogP contribution in [0, 0.1) is 0 Å². The number of aromatic nitrogens is 2. The first-order chi connectivity index (χ1) is 12.0. The summed E-state index contributed by atoms with van der Waals surface area (Å²) in [5, 5.41) is 8.47.